The number of benzene rings is 2. The van der Waals surface area contributed by atoms with E-state index in [1.165, 1.54) is 0 Å². The zero-order valence-electron chi connectivity index (χ0n) is 18.2. The number of carbonyl (C=O) groups excluding carboxylic acids is 3. The van der Waals surface area contributed by atoms with Gasteiger partial charge in [0.05, 0.1) is 26.2 Å². The van der Waals surface area contributed by atoms with Crippen LogP contribution in [0.25, 0.3) is 0 Å². The quantitative estimate of drug-likeness (QED) is 0.408. The minimum absolute atomic E-state index is 0.00718. The van der Waals surface area contributed by atoms with Crippen LogP contribution in [0.3, 0.4) is 0 Å². The Morgan fingerprint density at radius 1 is 1.00 bits per heavy atom. The first kappa shape index (κ1) is 23.9. The fraction of sp³-hybridized carbons (Fsp3) is 0.375. The Hall–Kier alpha value is -3.35. The first-order chi connectivity index (χ1) is 14.9. The van der Waals surface area contributed by atoms with Crippen LogP contribution in [0.15, 0.2) is 48.5 Å². The highest BCUT2D eigenvalue weighted by atomic mass is 16.5. The lowest BCUT2D eigenvalue weighted by Gasteiger charge is -2.17. The summed E-state index contributed by atoms with van der Waals surface area (Å²) in [4.78, 5) is 36.2. The van der Waals surface area contributed by atoms with Crippen LogP contribution in [0.5, 0.6) is 11.5 Å². The molecule has 1 N–H and O–H groups in total. The van der Waals surface area contributed by atoms with E-state index in [-0.39, 0.29) is 24.7 Å². The van der Waals surface area contributed by atoms with E-state index >= 15 is 0 Å². The average Bonchev–Trinajstić information content (AvgIpc) is 2.80. The molecule has 0 spiro atoms. The van der Waals surface area contributed by atoms with Crippen molar-refractivity contribution in [3.8, 4) is 11.5 Å². The predicted molar refractivity (Wildman–Crippen MR) is 116 cm³/mol. The number of rotatable bonds is 12. The highest BCUT2D eigenvalue weighted by Gasteiger charge is 2.16. The zero-order chi connectivity index (χ0) is 22.6. The van der Waals surface area contributed by atoms with Crippen LogP contribution in [0.1, 0.15) is 55.1 Å². The standard InChI is InChI=1S/C24H29NO6/c1-4-15-30-19-11-9-18(10-12-19)21(26)13-14-24(28)31-16-23(27)25-17(2)20-7-5-6-8-22(20)29-3/h5-12,17H,4,13-16H2,1-3H3,(H,25,27). The SMILES string of the molecule is CCCOc1ccc(C(=O)CCC(=O)OCC(=O)NC(C)c2ccccc2OC)cc1. The van der Waals surface area contributed by atoms with Crippen molar-refractivity contribution in [3.63, 3.8) is 0 Å². The fourth-order valence-electron chi connectivity index (χ4n) is 2.92. The molecule has 0 bridgehead atoms. The van der Waals surface area contributed by atoms with Crippen LogP contribution in [0, 0.1) is 0 Å². The maximum atomic E-state index is 12.2. The van der Waals surface area contributed by atoms with Gasteiger partial charge < -0.3 is 19.5 Å². The van der Waals surface area contributed by atoms with Gasteiger partial charge in [0.2, 0.25) is 0 Å². The first-order valence-corrected chi connectivity index (χ1v) is 10.3. The third kappa shape index (κ3) is 7.77. The summed E-state index contributed by atoms with van der Waals surface area (Å²) in [6, 6.07) is 13.8. The molecule has 7 heteroatoms. The lowest BCUT2D eigenvalue weighted by atomic mass is 10.1. The Balaban J connectivity index is 1.73. The van der Waals surface area contributed by atoms with Gasteiger partial charge in [0.25, 0.3) is 5.91 Å². The molecule has 0 radical (unpaired) electrons. The third-order valence-electron chi connectivity index (χ3n) is 4.55. The molecule has 0 fully saturated rings. The molecule has 31 heavy (non-hydrogen) atoms. The highest BCUT2D eigenvalue weighted by molar-refractivity contribution is 5.97. The molecule has 1 unspecified atom stereocenters. The van der Waals surface area contributed by atoms with E-state index in [1.54, 1.807) is 37.4 Å². The zero-order valence-corrected chi connectivity index (χ0v) is 18.2. The number of ketones is 1. The number of ether oxygens (including phenoxy) is 3. The second-order valence-electron chi connectivity index (χ2n) is 6.99. The summed E-state index contributed by atoms with van der Waals surface area (Å²) in [6.45, 7) is 4.04. The molecule has 0 heterocycles. The second-order valence-corrected chi connectivity index (χ2v) is 6.99. The molecular formula is C24H29NO6. The first-order valence-electron chi connectivity index (χ1n) is 10.3. The van der Waals surface area contributed by atoms with Gasteiger partial charge in [0.1, 0.15) is 11.5 Å². The molecule has 0 aromatic heterocycles. The molecule has 0 saturated heterocycles. The fourth-order valence-corrected chi connectivity index (χ4v) is 2.92. The largest absolute Gasteiger partial charge is 0.496 e. The minimum atomic E-state index is -0.601. The predicted octanol–water partition coefficient (Wildman–Crippen LogP) is 3.87. The summed E-state index contributed by atoms with van der Waals surface area (Å²) in [5.74, 6) is 0.160. The Morgan fingerprint density at radius 3 is 2.39 bits per heavy atom. The highest BCUT2D eigenvalue weighted by Crippen LogP contribution is 2.24. The maximum absolute atomic E-state index is 12.2. The van der Waals surface area contributed by atoms with E-state index < -0.39 is 18.5 Å². The van der Waals surface area contributed by atoms with E-state index in [1.807, 2.05) is 32.0 Å². The number of hydrogen-bond acceptors (Lipinski definition) is 6. The van der Waals surface area contributed by atoms with Gasteiger partial charge in [0, 0.05) is 17.5 Å². The summed E-state index contributed by atoms with van der Waals surface area (Å²) in [5.41, 5.74) is 1.32. The minimum Gasteiger partial charge on any atom is -0.496 e. The molecule has 0 aliphatic carbocycles. The second kappa shape index (κ2) is 12.4. The van der Waals surface area contributed by atoms with E-state index in [2.05, 4.69) is 5.32 Å². The smallest absolute Gasteiger partial charge is 0.306 e. The number of amides is 1. The van der Waals surface area contributed by atoms with Crippen LogP contribution < -0.4 is 14.8 Å². The molecule has 7 nitrogen and oxygen atoms in total. The van der Waals surface area contributed by atoms with Crippen molar-refractivity contribution in [1.29, 1.82) is 0 Å². The number of nitrogens with one attached hydrogen (secondary N) is 1. The number of carbonyl (C=O) groups is 3. The molecule has 2 rings (SSSR count). The van der Waals surface area contributed by atoms with Gasteiger partial charge in [-0.15, -0.1) is 0 Å². The van der Waals surface area contributed by atoms with Crippen molar-refractivity contribution >= 4 is 17.7 Å². The van der Waals surface area contributed by atoms with Crippen molar-refractivity contribution in [2.45, 2.75) is 39.2 Å². The van der Waals surface area contributed by atoms with Crippen molar-refractivity contribution in [2.75, 3.05) is 20.3 Å². The van der Waals surface area contributed by atoms with Crippen LogP contribution in [0.4, 0.5) is 0 Å². The van der Waals surface area contributed by atoms with Crippen LogP contribution in [-0.2, 0) is 14.3 Å². The maximum Gasteiger partial charge on any atom is 0.306 e. The van der Waals surface area contributed by atoms with Crippen molar-refractivity contribution in [2.24, 2.45) is 0 Å². The lowest BCUT2D eigenvalue weighted by molar-refractivity contribution is -0.148. The number of para-hydroxylation sites is 1. The van der Waals surface area contributed by atoms with E-state index in [0.717, 1.165) is 12.0 Å². The van der Waals surface area contributed by atoms with Crippen molar-refractivity contribution in [1.82, 2.24) is 5.32 Å². The summed E-state index contributed by atoms with van der Waals surface area (Å²) >= 11 is 0. The Bertz CT molecular complexity index is 878. The average molecular weight is 427 g/mol. The number of Topliss-reactive ketones (excluding diaryl/α,β-unsaturated/α-hetero) is 1. The van der Waals surface area contributed by atoms with E-state index in [9.17, 15) is 14.4 Å². The van der Waals surface area contributed by atoms with Gasteiger partial charge in [-0.2, -0.15) is 0 Å². The monoisotopic (exact) mass is 427 g/mol. The number of esters is 1. The molecule has 2 aromatic carbocycles. The molecule has 1 atom stereocenters. The molecule has 2 aromatic rings. The van der Waals surface area contributed by atoms with Gasteiger partial charge in [-0.3, -0.25) is 14.4 Å². The number of methoxy groups -OCH3 is 1. The third-order valence-corrected chi connectivity index (χ3v) is 4.55. The molecule has 1 amide bonds. The Labute approximate surface area is 182 Å². The molecule has 0 aliphatic heterocycles. The van der Waals surface area contributed by atoms with Gasteiger partial charge >= 0.3 is 5.97 Å². The summed E-state index contributed by atoms with van der Waals surface area (Å²) < 4.78 is 15.8. The number of hydrogen-bond donors (Lipinski definition) is 1. The van der Waals surface area contributed by atoms with Gasteiger partial charge in [-0.05, 0) is 43.7 Å². The van der Waals surface area contributed by atoms with Crippen molar-refractivity contribution in [3.05, 3.63) is 59.7 Å². The van der Waals surface area contributed by atoms with Gasteiger partial charge in [-0.25, -0.2) is 0 Å². The van der Waals surface area contributed by atoms with Gasteiger partial charge in [0.15, 0.2) is 12.4 Å². The normalized spacial score (nSPS) is 11.3. The van der Waals surface area contributed by atoms with E-state index in [4.69, 9.17) is 14.2 Å². The van der Waals surface area contributed by atoms with Crippen LogP contribution in [-0.4, -0.2) is 38.0 Å². The summed E-state index contributed by atoms with van der Waals surface area (Å²) in [5, 5.41) is 2.76. The Kier molecular flexibility index (Phi) is 9.55. The van der Waals surface area contributed by atoms with E-state index in [0.29, 0.717) is 23.7 Å². The van der Waals surface area contributed by atoms with Gasteiger partial charge in [-0.1, -0.05) is 25.1 Å². The molecular weight excluding hydrogens is 398 g/mol. The Morgan fingerprint density at radius 2 is 1.71 bits per heavy atom. The van der Waals surface area contributed by atoms with Crippen LogP contribution in [0.2, 0.25) is 0 Å². The molecule has 0 saturated carbocycles. The van der Waals surface area contributed by atoms with Crippen LogP contribution >= 0.6 is 0 Å². The van der Waals surface area contributed by atoms with Crippen molar-refractivity contribution < 1.29 is 28.6 Å². The molecule has 166 valence electrons. The summed E-state index contributed by atoms with van der Waals surface area (Å²) in [6.07, 6.45) is 0.815. The topological polar surface area (TPSA) is 90.9 Å². The summed E-state index contributed by atoms with van der Waals surface area (Å²) in [7, 11) is 1.56. The lowest BCUT2D eigenvalue weighted by Crippen LogP contribution is -2.31. The molecule has 0 aliphatic rings.